The fourth-order valence-corrected chi connectivity index (χ4v) is 4.40. The highest BCUT2D eigenvalue weighted by molar-refractivity contribution is 7.99. The van der Waals surface area contributed by atoms with Gasteiger partial charge in [-0.2, -0.15) is 5.10 Å². The van der Waals surface area contributed by atoms with Crippen molar-refractivity contribution in [2.45, 2.75) is 9.79 Å². The molecule has 0 aliphatic rings. The standard InChI is InChI=1S/C20H13ClN4O2S2/c21-14-6-8-15(9-7-14)28-19-10-5-13(11-17(19)25(26)27)12-22-24-20-23-16-3-1-2-4-18(16)29-20/h1-12H,(H,23,24). The van der Waals surface area contributed by atoms with E-state index in [2.05, 4.69) is 15.5 Å². The van der Waals surface area contributed by atoms with Crippen molar-refractivity contribution in [3.8, 4) is 0 Å². The second-order valence-electron chi connectivity index (χ2n) is 5.90. The summed E-state index contributed by atoms with van der Waals surface area (Å²) in [7, 11) is 0. The molecule has 0 atom stereocenters. The lowest BCUT2D eigenvalue weighted by atomic mass is 10.2. The lowest BCUT2D eigenvalue weighted by molar-refractivity contribution is -0.387. The van der Waals surface area contributed by atoms with Crippen molar-refractivity contribution in [2.24, 2.45) is 5.10 Å². The van der Waals surface area contributed by atoms with Gasteiger partial charge in [0.05, 0.1) is 26.3 Å². The molecule has 1 heterocycles. The van der Waals surface area contributed by atoms with E-state index in [9.17, 15) is 10.1 Å². The topological polar surface area (TPSA) is 80.4 Å². The van der Waals surface area contributed by atoms with Gasteiger partial charge in [0.15, 0.2) is 0 Å². The van der Waals surface area contributed by atoms with Crippen LogP contribution in [0.1, 0.15) is 5.56 Å². The minimum Gasteiger partial charge on any atom is -0.258 e. The van der Waals surface area contributed by atoms with E-state index in [4.69, 9.17) is 11.6 Å². The Labute approximate surface area is 179 Å². The average Bonchev–Trinajstić information content (AvgIpc) is 3.13. The molecule has 6 nitrogen and oxygen atoms in total. The predicted octanol–water partition coefficient (Wildman–Crippen LogP) is 6.46. The molecule has 1 aromatic heterocycles. The Balaban J connectivity index is 1.51. The predicted molar refractivity (Wildman–Crippen MR) is 120 cm³/mol. The van der Waals surface area contributed by atoms with Crippen LogP contribution in [0.5, 0.6) is 0 Å². The summed E-state index contributed by atoms with van der Waals surface area (Å²) in [5.74, 6) is 0. The highest BCUT2D eigenvalue weighted by Gasteiger charge is 2.15. The number of hydrogen-bond acceptors (Lipinski definition) is 7. The first-order valence-corrected chi connectivity index (χ1v) is 10.5. The molecule has 9 heteroatoms. The van der Waals surface area contributed by atoms with Crippen molar-refractivity contribution >= 4 is 61.9 Å². The Bertz CT molecular complexity index is 1180. The van der Waals surface area contributed by atoms with Crippen molar-refractivity contribution < 1.29 is 4.92 Å². The monoisotopic (exact) mass is 440 g/mol. The van der Waals surface area contributed by atoms with Gasteiger partial charge in [-0.05, 0) is 42.5 Å². The largest absolute Gasteiger partial charge is 0.283 e. The van der Waals surface area contributed by atoms with Crippen LogP contribution in [-0.4, -0.2) is 16.1 Å². The maximum absolute atomic E-state index is 11.5. The van der Waals surface area contributed by atoms with Gasteiger partial charge in [0, 0.05) is 21.5 Å². The third-order valence-corrected chi connectivity index (χ3v) is 6.15. The molecule has 0 bridgehead atoms. The molecule has 4 aromatic rings. The van der Waals surface area contributed by atoms with E-state index in [1.165, 1.54) is 35.4 Å². The van der Waals surface area contributed by atoms with Crippen LogP contribution >= 0.6 is 34.7 Å². The van der Waals surface area contributed by atoms with Gasteiger partial charge in [-0.1, -0.05) is 52.9 Å². The number of halogens is 1. The zero-order valence-electron chi connectivity index (χ0n) is 14.8. The van der Waals surface area contributed by atoms with Crippen molar-refractivity contribution in [3.63, 3.8) is 0 Å². The molecule has 29 heavy (non-hydrogen) atoms. The zero-order valence-corrected chi connectivity index (χ0v) is 17.2. The summed E-state index contributed by atoms with van der Waals surface area (Å²) >= 11 is 8.69. The number of aromatic nitrogens is 1. The fraction of sp³-hybridized carbons (Fsp3) is 0. The summed E-state index contributed by atoms with van der Waals surface area (Å²) < 4.78 is 1.06. The van der Waals surface area contributed by atoms with Crippen molar-refractivity contribution in [2.75, 3.05) is 5.43 Å². The number of nitrogens with zero attached hydrogens (tertiary/aromatic N) is 3. The van der Waals surface area contributed by atoms with Crippen molar-refractivity contribution in [1.29, 1.82) is 0 Å². The molecule has 0 aliphatic heterocycles. The Morgan fingerprint density at radius 3 is 2.69 bits per heavy atom. The first-order valence-electron chi connectivity index (χ1n) is 8.45. The number of thiazole rings is 1. The van der Waals surface area contributed by atoms with Gasteiger partial charge >= 0.3 is 0 Å². The summed E-state index contributed by atoms with van der Waals surface area (Å²) in [5, 5.41) is 17.0. The van der Waals surface area contributed by atoms with E-state index in [0.29, 0.717) is 20.6 Å². The van der Waals surface area contributed by atoms with E-state index in [1.54, 1.807) is 24.3 Å². The quantitative estimate of drug-likeness (QED) is 0.211. The average molecular weight is 441 g/mol. The number of rotatable bonds is 6. The SMILES string of the molecule is O=[N+]([O-])c1cc(C=NNc2nc3ccccc3s2)ccc1Sc1ccc(Cl)cc1. The molecule has 0 fully saturated rings. The molecule has 0 unspecified atom stereocenters. The van der Waals surface area contributed by atoms with Gasteiger partial charge in [0.2, 0.25) is 5.13 Å². The Morgan fingerprint density at radius 2 is 1.93 bits per heavy atom. The maximum Gasteiger partial charge on any atom is 0.283 e. The van der Waals surface area contributed by atoms with Gasteiger partial charge < -0.3 is 0 Å². The van der Waals surface area contributed by atoms with Gasteiger partial charge in [-0.25, -0.2) is 4.98 Å². The number of hydrogen-bond donors (Lipinski definition) is 1. The van der Waals surface area contributed by atoms with E-state index < -0.39 is 4.92 Å². The number of para-hydroxylation sites is 1. The number of fused-ring (bicyclic) bond motifs is 1. The lowest BCUT2D eigenvalue weighted by Gasteiger charge is -2.04. The minimum absolute atomic E-state index is 0.0221. The third-order valence-electron chi connectivity index (χ3n) is 3.89. The summed E-state index contributed by atoms with van der Waals surface area (Å²) in [4.78, 5) is 17.0. The van der Waals surface area contributed by atoms with E-state index in [0.717, 1.165) is 15.1 Å². The minimum atomic E-state index is -0.392. The molecule has 4 rings (SSSR count). The van der Waals surface area contributed by atoms with Crippen LogP contribution in [0.4, 0.5) is 10.8 Å². The first-order chi connectivity index (χ1) is 14.1. The molecular weight excluding hydrogens is 428 g/mol. The van der Waals surface area contributed by atoms with Crippen LogP contribution < -0.4 is 5.43 Å². The summed E-state index contributed by atoms with van der Waals surface area (Å²) in [5.41, 5.74) is 4.42. The maximum atomic E-state index is 11.5. The van der Waals surface area contributed by atoms with E-state index in [-0.39, 0.29) is 5.69 Å². The summed E-state index contributed by atoms with van der Waals surface area (Å²) in [6.07, 6.45) is 1.54. The number of hydrazone groups is 1. The molecule has 0 aliphatic carbocycles. The molecule has 3 aromatic carbocycles. The second kappa shape index (κ2) is 8.60. The first kappa shape index (κ1) is 19.4. The highest BCUT2D eigenvalue weighted by Crippen LogP contribution is 2.35. The van der Waals surface area contributed by atoms with Crippen LogP contribution in [-0.2, 0) is 0 Å². The van der Waals surface area contributed by atoms with Crippen LogP contribution in [0, 0.1) is 10.1 Å². The molecule has 0 amide bonds. The van der Waals surface area contributed by atoms with Gasteiger partial charge in [0.1, 0.15) is 0 Å². The molecule has 0 saturated heterocycles. The van der Waals surface area contributed by atoms with Crippen LogP contribution in [0.25, 0.3) is 10.2 Å². The number of nitrogens with one attached hydrogen (secondary N) is 1. The van der Waals surface area contributed by atoms with Crippen molar-refractivity contribution in [3.05, 3.63) is 87.4 Å². The number of nitro groups is 1. The van der Waals surface area contributed by atoms with Crippen LogP contribution in [0.2, 0.25) is 5.02 Å². The van der Waals surface area contributed by atoms with E-state index >= 15 is 0 Å². The summed E-state index contributed by atoms with van der Waals surface area (Å²) in [6.45, 7) is 0. The molecular formula is C20H13ClN4O2S2. The van der Waals surface area contributed by atoms with E-state index in [1.807, 2.05) is 36.4 Å². The molecule has 0 saturated carbocycles. The fourth-order valence-electron chi connectivity index (χ4n) is 2.56. The Hall–Kier alpha value is -2.94. The molecule has 144 valence electrons. The van der Waals surface area contributed by atoms with Gasteiger partial charge in [-0.3, -0.25) is 15.5 Å². The second-order valence-corrected chi connectivity index (χ2v) is 8.48. The van der Waals surface area contributed by atoms with Crippen LogP contribution in [0.15, 0.2) is 81.6 Å². The number of nitro benzene ring substituents is 1. The normalized spacial score (nSPS) is 11.2. The highest BCUT2D eigenvalue weighted by atomic mass is 35.5. The van der Waals surface area contributed by atoms with Gasteiger partial charge in [-0.15, -0.1) is 0 Å². The summed E-state index contributed by atoms with van der Waals surface area (Å²) in [6, 6.07) is 20.0. The molecule has 1 N–H and O–H groups in total. The third kappa shape index (κ3) is 4.73. The molecule has 0 radical (unpaired) electrons. The Kier molecular flexibility index (Phi) is 5.75. The van der Waals surface area contributed by atoms with Gasteiger partial charge in [0.25, 0.3) is 5.69 Å². The smallest absolute Gasteiger partial charge is 0.258 e. The van der Waals surface area contributed by atoms with Crippen molar-refractivity contribution in [1.82, 2.24) is 4.98 Å². The lowest BCUT2D eigenvalue weighted by Crippen LogP contribution is -1.94. The zero-order chi connectivity index (χ0) is 20.2. The number of benzene rings is 3. The Morgan fingerprint density at radius 1 is 1.14 bits per heavy atom. The molecule has 0 spiro atoms. The number of anilines is 1. The van der Waals surface area contributed by atoms with Crippen LogP contribution in [0.3, 0.4) is 0 Å².